The second kappa shape index (κ2) is 2.85. The highest BCUT2D eigenvalue weighted by molar-refractivity contribution is 7.38. The molecule has 0 bridgehead atoms. The fraction of sp³-hybridized carbons (Fsp3) is 0.400. The zero-order valence-corrected chi connectivity index (χ0v) is 7.52. The van der Waals surface area contributed by atoms with Crippen LogP contribution in [0.3, 0.4) is 0 Å². The Morgan fingerprint density at radius 1 is 1.60 bits per heavy atom. The molecule has 0 radical (unpaired) electrons. The normalized spacial score (nSPS) is 10.9. The fourth-order valence-corrected chi connectivity index (χ4v) is 1.75. The Labute approximate surface area is 70.3 Å². The molecule has 10 heavy (non-hydrogen) atoms. The van der Waals surface area contributed by atoms with Gasteiger partial charge in [0.05, 0.1) is 14.1 Å². The van der Waals surface area contributed by atoms with Gasteiger partial charge in [0.15, 0.2) is 0 Å². The van der Waals surface area contributed by atoms with Crippen molar-refractivity contribution in [1.82, 2.24) is 4.57 Å². The monoisotopic (exact) mass is 178 g/mol. The molecule has 1 heterocycles. The minimum Gasteiger partial charge on any atom is -0.357 e. The SMILES string of the molecule is Cn1cc[n+](C)c1[BH-](Cl)Cl. The quantitative estimate of drug-likeness (QED) is 0.415. The van der Waals surface area contributed by atoms with Gasteiger partial charge in [-0.2, -0.15) is 0 Å². The maximum Gasteiger partial charge on any atom is 0.267 e. The van der Waals surface area contributed by atoms with Gasteiger partial charge in [-0.25, -0.2) is 0 Å². The lowest BCUT2D eigenvalue weighted by molar-refractivity contribution is -0.653. The van der Waals surface area contributed by atoms with Gasteiger partial charge in [-0.05, 0) is 0 Å². The highest BCUT2D eigenvalue weighted by atomic mass is 35.5. The predicted octanol–water partition coefficient (Wildman–Crippen LogP) is -0.245. The molecule has 0 aliphatic carbocycles. The zero-order valence-electron chi connectivity index (χ0n) is 6.01. The van der Waals surface area contributed by atoms with Crippen LogP contribution < -0.4 is 10.3 Å². The smallest absolute Gasteiger partial charge is 0.267 e. The Morgan fingerprint density at radius 3 is 2.40 bits per heavy atom. The van der Waals surface area contributed by atoms with Crippen molar-refractivity contribution < 1.29 is 4.57 Å². The van der Waals surface area contributed by atoms with Crippen LogP contribution in [0, 0.1) is 0 Å². The molecule has 0 N–H and O–H groups in total. The number of hydrogen-bond acceptors (Lipinski definition) is 0. The van der Waals surface area contributed by atoms with Crippen molar-refractivity contribution in [3.8, 4) is 0 Å². The highest BCUT2D eigenvalue weighted by Gasteiger charge is 2.11. The molecule has 0 saturated heterocycles. The van der Waals surface area contributed by atoms with E-state index in [0.717, 1.165) is 5.72 Å². The summed E-state index contributed by atoms with van der Waals surface area (Å²) in [5.74, 6) is 0. The van der Waals surface area contributed by atoms with Crippen molar-refractivity contribution in [2.45, 2.75) is 0 Å². The predicted molar refractivity (Wildman–Crippen MR) is 45.1 cm³/mol. The summed E-state index contributed by atoms with van der Waals surface area (Å²) in [7, 11) is 3.86. The second-order valence-electron chi connectivity index (χ2n) is 2.30. The van der Waals surface area contributed by atoms with Crippen LogP contribution >= 0.6 is 22.9 Å². The molecular weight excluding hydrogens is 170 g/mol. The number of rotatable bonds is 1. The van der Waals surface area contributed by atoms with Crippen LogP contribution in [0.1, 0.15) is 0 Å². The average molecular weight is 179 g/mol. The van der Waals surface area contributed by atoms with Crippen LogP contribution in [-0.4, -0.2) is 10.1 Å². The van der Waals surface area contributed by atoms with Gasteiger partial charge in [-0.15, -0.1) is 0 Å². The Morgan fingerprint density at radius 2 is 2.20 bits per heavy atom. The van der Waals surface area contributed by atoms with Gasteiger partial charge in [0, 0.05) is 0 Å². The van der Waals surface area contributed by atoms with E-state index < -0.39 is 5.54 Å². The van der Waals surface area contributed by atoms with Crippen molar-refractivity contribution >= 4 is 34.2 Å². The lowest BCUT2D eigenvalue weighted by Gasteiger charge is -2.04. The first-order valence-electron chi connectivity index (χ1n) is 3.08. The van der Waals surface area contributed by atoms with Crippen LogP contribution in [-0.2, 0) is 14.1 Å². The lowest BCUT2D eigenvalue weighted by Crippen LogP contribution is -2.51. The minimum absolute atomic E-state index is 0.975. The van der Waals surface area contributed by atoms with E-state index in [1.165, 1.54) is 0 Å². The molecule has 0 amide bonds. The number of halogens is 2. The summed E-state index contributed by atoms with van der Waals surface area (Å²) in [4.78, 5) is 0. The van der Waals surface area contributed by atoms with Crippen LogP contribution in [0.4, 0.5) is 0 Å². The Hall–Kier alpha value is -0.145. The molecule has 0 aliphatic rings. The van der Waals surface area contributed by atoms with E-state index >= 15 is 0 Å². The topological polar surface area (TPSA) is 8.81 Å². The zero-order chi connectivity index (χ0) is 7.72. The van der Waals surface area contributed by atoms with Gasteiger partial charge in [0.2, 0.25) is 0 Å². The number of nitrogens with zero attached hydrogens (tertiary/aromatic N) is 2. The molecule has 0 aliphatic heterocycles. The van der Waals surface area contributed by atoms with Gasteiger partial charge < -0.3 is 22.9 Å². The average Bonchev–Trinajstić information content (AvgIpc) is 2.11. The number of imidazole rings is 1. The van der Waals surface area contributed by atoms with E-state index in [9.17, 15) is 0 Å². The first-order valence-corrected chi connectivity index (χ1v) is 4.15. The second-order valence-corrected chi connectivity index (χ2v) is 3.65. The Kier molecular flexibility index (Phi) is 2.26. The van der Waals surface area contributed by atoms with E-state index in [1.54, 1.807) is 0 Å². The summed E-state index contributed by atoms with van der Waals surface area (Å²) < 4.78 is 3.86. The molecule has 0 fully saturated rings. The molecule has 5 heteroatoms. The molecule has 1 aromatic rings. The van der Waals surface area contributed by atoms with Crippen LogP contribution in [0.2, 0.25) is 0 Å². The van der Waals surface area contributed by atoms with Crippen LogP contribution in [0.15, 0.2) is 12.4 Å². The number of aromatic nitrogens is 2. The molecule has 0 aromatic carbocycles. The highest BCUT2D eigenvalue weighted by Crippen LogP contribution is 1.92. The molecular formula is C5H9BCl2N2. The van der Waals surface area contributed by atoms with E-state index in [2.05, 4.69) is 0 Å². The summed E-state index contributed by atoms with van der Waals surface area (Å²) in [5.41, 5.74) is -0.219. The Bertz CT molecular complexity index is 214. The summed E-state index contributed by atoms with van der Waals surface area (Å²) in [5, 5.41) is 0. The fourth-order valence-electron chi connectivity index (χ4n) is 0.998. The number of aryl methyl sites for hydroxylation is 2. The summed E-state index contributed by atoms with van der Waals surface area (Å²) in [6, 6.07) is 0. The maximum atomic E-state index is 5.76. The minimum atomic E-state index is -1.19. The van der Waals surface area contributed by atoms with E-state index in [-0.39, 0.29) is 0 Å². The van der Waals surface area contributed by atoms with Gasteiger partial charge in [-0.1, -0.05) is 0 Å². The molecule has 1 aromatic heterocycles. The molecule has 2 nitrogen and oxygen atoms in total. The molecule has 1 rings (SSSR count). The summed E-state index contributed by atoms with van der Waals surface area (Å²) in [6.45, 7) is 0. The van der Waals surface area contributed by atoms with Crippen molar-refractivity contribution in [2.75, 3.05) is 0 Å². The summed E-state index contributed by atoms with van der Waals surface area (Å²) >= 11 is 11.5. The van der Waals surface area contributed by atoms with Crippen LogP contribution in [0.25, 0.3) is 0 Å². The maximum absolute atomic E-state index is 5.76. The van der Waals surface area contributed by atoms with Crippen molar-refractivity contribution in [2.24, 2.45) is 14.1 Å². The van der Waals surface area contributed by atoms with Gasteiger partial charge >= 0.3 is 0 Å². The number of hydrogen-bond donors (Lipinski definition) is 0. The molecule has 0 unspecified atom stereocenters. The first kappa shape index (κ1) is 7.96. The summed E-state index contributed by atoms with van der Waals surface area (Å²) in [6.07, 6.45) is 3.86. The van der Waals surface area contributed by atoms with Crippen molar-refractivity contribution in [3.63, 3.8) is 0 Å². The van der Waals surface area contributed by atoms with Crippen molar-refractivity contribution in [1.29, 1.82) is 0 Å². The molecule has 0 saturated carbocycles. The molecule has 0 atom stereocenters. The lowest BCUT2D eigenvalue weighted by atomic mass is 10.1. The van der Waals surface area contributed by atoms with E-state index in [0.29, 0.717) is 0 Å². The third-order valence-electron chi connectivity index (χ3n) is 1.57. The molecule has 56 valence electrons. The van der Waals surface area contributed by atoms with E-state index in [1.807, 2.05) is 35.6 Å². The van der Waals surface area contributed by atoms with Gasteiger partial charge in [-0.3, -0.25) is 9.13 Å². The first-order chi connectivity index (χ1) is 4.63. The largest absolute Gasteiger partial charge is 0.357 e. The third kappa shape index (κ3) is 1.30. The van der Waals surface area contributed by atoms with E-state index in [4.69, 9.17) is 22.9 Å². The standard InChI is InChI=1S/C5H9BCl2N2/c1-9-3-4-10(2)5(9)6(7)8/h3-4,6H,1-2H3. The third-order valence-corrected chi connectivity index (χ3v) is 2.05. The van der Waals surface area contributed by atoms with Gasteiger partial charge in [0.1, 0.15) is 18.1 Å². The Balaban J connectivity index is 3.10. The molecule has 0 spiro atoms. The van der Waals surface area contributed by atoms with Crippen molar-refractivity contribution in [3.05, 3.63) is 12.4 Å². The van der Waals surface area contributed by atoms with Gasteiger partial charge in [0.25, 0.3) is 5.54 Å². The van der Waals surface area contributed by atoms with Crippen LogP contribution in [0.5, 0.6) is 0 Å².